The van der Waals surface area contributed by atoms with E-state index in [2.05, 4.69) is 30.7 Å². The van der Waals surface area contributed by atoms with Crippen molar-refractivity contribution in [3.05, 3.63) is 60.1 Å². The summed E-state index contributed by atoms with van der Waals surface area (Å²) in [7, 11) is 0. The summed E-state index contributed by atoms with van der Waals surface area (Å²) in [5, 5.41) is 19.0. The highest BCUT2D eigenvalue weighted by Gasteiger charge is 2.20. The van der Waals surface area contributed by atoms with E-state index < -0.39 is 0 Å². The molecule has 0 atom stereocenters. The van der Waals surface area contributed by atoms with Gasteiger partial charge in [0.15, 0.2) is 5.65 Å². The number of nitrogens with zero attached hydrogens (tertiary/aromatic N) is 6. The lowest BCUT2D eigenvalue weighted by molar-refractivity contribution is 0.356. The molecule has 9 heteroatoms. The van der Waals surface area contributed by atoms with Crippen LogP contribution in [0.4, 0.5) is 10.3 Å². The van der Waals surface area contributed by atoms with E-state index >= 15 is 0 Å². The van der Waals surface area contributed by atoms with Crippen molar-refractivity contribution in [1.82, 2.24) is 29.8 Å². The topological polar surface area (TPSA) is 90.1 Å². The zero-order valence-corrected chi connectivity index (χ0v) is 14.1. The molecule has 0 amide bonds. The van der Waals surface area contributed by atoms with E-state index in [9.17, 15) is 4.39 Å². The zero-order valence-electron chi connectivity index (χ0n) is 14.1. The van der Waals surface area contributed by atoms with Crippen molar-refractivity contribution in [2.24, 2.45) is 0 Å². The van der Waals surface area contributed by atoms with E-state index in [1.165, 1.54) is 6.07 Å². The van der Waals surface area contributed by atoms with Gasteiger partial charge in [0, 0.05) is 41.4 Å². The van der Waals surface area contributed by atoms with E-state index in [1.807, 2.05) is 6.07 Å². The Bertz CT molecular complexity index is 1130. The SMILES string of the molecule is Fc1ccc2c(c1CNc1ncc(-c3ccnnc3)c3nncn13)CCO2. The molecule has 0 aliphatic carbocycles. The quantitative estimate of drug-likeness (QED) is 0.595. The molecule has 4 aromatic rings. The van der Waals surface area contributed by atoms with Crippen molar-refractivity contribution >= 4 is 11.6 Å². The van der Waals surface area contributed by atoms with Crippen LogP contribution < -0.4 is 10.1 Å². The van der Waals surface area contributed by atoms with Gasteiger partial charge >= 0.3 is 0 Å². The van der Waals surface area contributed by atoms with Gasteiger partial charge in [-0.2, -0.15) is 10.2 Å². The molecule has 0 radical (unpaired) electrons. The first-order valence-electron chi connectivity index (χ1n) is 8.44. The highest BCUT2D eigenvalue weighted by Crippen LogP contribution is 2.31. The van der Waals surface area contributed by atoms with E-state index in [0.29, 0.717) is 30.2 Å². The molecule has 0 saturated carbocycles. The summed E-state index contributed by atoms with van der Waals surface area (Å²) >= 11 is 0. The zero-order chi connectivity index (χ0) is 18.2. The molecule has 3 aromatic heterocycles. The fourth-order valence-corrected chi connectivity index (χ4v) is 3.28. The predicted molar refractivity (Wildman–Crippen MR) is 94.7 cm³/mol. The summed E-state index contributed by atoms with van der Waals surface area (Å²) in [6.45, 7) is 0.864. The third-order valence-electron chi connectivity index (χ3n) is 4.59. The molecule has 0 spiro atoms. The van der Waals surface area contributed by atoms with Crippen molar-refractivity contribution in [2.75, 3.05) is 11.9 Å². The van der Waals surface area contributed by atoms with Crippen LogP contribution in [0.5, 0.6) is 5.75 Å². The number of rotatable bonds is 4. The maximum atomic E-state index is 14.3. The normalized spacial score (nSPS) is 12.8. The van der Waals surface area contributed by atoms with Gasteiger partial charge in [-0.3, -0.25) is 4.40 Å². The number of anilines is 1. The molecule has 0 bridgehead atoms. The van der Waals surface area contributed by atoms with Gasteiger partial charge in [0.25, 0.3) is 0 Å². The molecule has 0 saturated heterocycles. The molecule has 8 nitrogen and oxygen atoms in total. The fraction of sp³-hybridized carbons (Fsp3) is 0.167. The number of nitrogens with one attached hydrogen (secondary N) is 1. The molecular weight excluding hydrogens is 349 g/mol. The van der Waals surface area contributed by atoms with Gasteiger partial charge in [-0.05, 0) is 18.2 Å². The maximum Gasteiger partial charge on any atom is 0.210 e. The second-order valence-electron chi connectivity index (χ2n) is 6.11. The Kier molecular flexibility index (Phi) is 3.63. The van der Waals surface area contributed by atoms with Crippen LogP contribution in [-0.4, -0.2) is 36.4 Å². The van der Waals surface area contributed by atoms with Crippen molar-refractivity contribution in [3.63, 3.8) is 0 Å². The maximum absolute atomic E-state index is 14.3. The highest BCUT2D eigenvalue weighted by atomic mass is 19.1. The monoisotopic (exact) mass is 363 g/mol. The molecule has 0 fully saturated rings. The molecule has 1 aromatic carbocycles. The Morgan fingerprint density at radius 1 is 1.15 bits per heavy atom. The second-order valence-corrected chi connectivity index (χ2v) is 6.11. The number of halogens is 1. The fourth-order valence-electron chi connectivity index (χ4n) is 3.28. The van der Waals surface area contributed by atoms with Crippen LogP contribution in [0.3, 0.4) is 0 Å². The van der Waals surface area contributed by atoms with Gasteiger partial charge in [0.1, 0.15) is 17.9 Å². The number of aromatic nitrogens is 6. The second kappa shape index (κ2) is 6.27. The summed E-state index contributed by atoms with van der Waals surface area (Å²) in [5.41, 5.74) is 3.75. The van der Waals surface area contributed by atoms with Crippen LogP contribution in [0.25, 0.3) is 16.8 Å². The van der Waals surface area contributed by atoms with E-state index in [4.69, 9.17) is 4.74 Å². The van der Waals surface area contributed by atoms with Gasteiger partial charge in [0.05, 0.1) is 19.0 Å². The van der Waals surface area contributed by atoms with Crippen LogP contribution in [0.15, 0.2) is 43.1 Å². The highest BCUT2D eigenvalue weighted by molar-refractivity contribution is 5.76. The number of hydrogen-bond donors (Lipinski definition) is 1. The summed E-state index contributed by atoms with van der Waals surface area (Å²) < 4.78 is 21.6. The van der Waals surface area contributed by atoms with Crippen molar-refractivity contribution in [1.29, 1.82) is 0 Å². The molecule has 0 unspecified atom stereocenters. The van der Waals surface area contributed by atoms with Gasteiger partial charge in [-0.1, -0.05) is 0 Å². The van der Waals surface area contributed by atoms with Gasteiger partial charge < -0.3 is 10.1 Å². The Balaban J connectivity index is 1.49. The number of benzene rings is 1. The van der Waals surface area contributed by atoms with E-state index in [1.54, 1.807) is 35.4 Å². The van der Waals surface area contributed by atoms with Crippen molar-refractivity contribution < 1.29 is 9.13 Å². The van der Waals surface area contributed by atoms with Crippen LogP contribution in [0.1, 0.15) is 11.1 Å². The van der Waals surface area contributed by atoms with Crippen LogP contribution in [0.2, 0.25) is 0 Å². The number of ether oxygens (including phenoxy) is 1. The largest absolute Gasteiger partial charge is 0.493 e. The van der Waals surface area contributed by atoms with E-state index in [0.717, 1.165) is 22.4 Å². The average Bonchev–Trinajstić information content (AvgIpc) is 3.37. The summed E-state index contributed by atoms with van der Waals surface area (Å²) in [6.07, 6.45) is 7.21. The van der Waals surface area contributed by atoms with Crippen LogP contribution in [-0.2, 0) is 13.0 Å². The first-order chi connectivity index (χ1) is 13.3. The molecule has 5 rings (SSSR count). The molecule has 1 aliphatic heterocycles. The lowest BCUT2D eigenvalue weighted by Crippen LogP contribution is -2.09. The van der Waals surface area contributed by atoms with Crippen LogP contribution >= 0.6 is 0 Å². The molecule has 27 heavy (non-hydrogen) atoms. The summed E-state index contributed by atoms with van der Waals surface area (Å²) in [4.78, 5) is 4.46. The first kappa shape index (κ1) is 15.6. The summed E-state index contributed by atoms with van der Waals surface area (Å²) in [5.74, 6) is 1.01. The van der Waals surface area contributed by atoms with Crippen LogP contribution in [0, 0.1) is 5.82 Å². The molecule has 4 heterocycles. The average molecular weight is 363 g/mol. The summed E-state index contributed by atoms with van der Waals surface area (Å²) in [6, 6.07) is 4.94. The first-order valence-corrected chi connectivity index (χ1v) is 8.44. The lowest BCUT2D eigenvalue weighted by atomic mass is 10.0. The minimum Gasteiger partial charge on any atom is -0.493 e. The molecular formula is C18H14FN7O. The minimum atomic E-state index is -0.258. The molecule has 134 valence electrons. The Hall–Kier alpha value is -3.62. The third-order valence-corrected chi connectivity index (χ3v) is 4.59. The Morgan fingerprint density at radius 3 is 3.00 bits per heavy atom. The Labute approximate surface area is 153 Å². The van der Waals surface area contributed by atoms with Crippen molar-refractivity contribution in [3.8, 4) is 16.9 Å². The standard InChI is InChI=1S/C18H14FN7O/c19-15-1-2-16-12(4-6-27-16)14(15)9-21-18-20-8-13(11-3-5-22-23-7-11)17-25-24-10-26(17)18/h1-3,5,7-8,10H,4,6,9H2,(H,20,21). The Morgan fingerprint density at radius 2 is 2.11 bits per heavy atom. The minimum absolute atomic E-state index is 0.258. The van der Waals surface area contributed by atoms with E-state index in [-0.39, 0.29) is 12.4 Å². The number of hydrogen-bond acceptors (Lipinski definition) is 7. The van der Waals surface area contributed by atoms with Gasteiger partial charge in [-0.15, -0.1) is 10.2 Å². The third kappa shape index (κ3) is 2.64. The van der Waals surface area contributed by atoms with Crippen molar-refractivity contribution in [2.45, 2.75) is 13.0 Å². The lowest BCUT2D eigenvalue weighted by Gasteiger charge is -2.12. The molecule has 1 aliphatic rings. The number of fused-ring (bicyclic) bond motifs is 2. The predicted octanol–water partition coefficient (Wildman–Crippen LogP) is 2.27. The van der Waals surface area contributed by atoms with Gasteiger partial charge in [0.2, 0.25) is 5.95 Å². The van der Waals surface area contributed by atoms with Gasteiger partial charge in [-0.25, -0.2) is 9.37 Å². The molecule has 1 N–H and O–H groups in total. The smallest absolute Gasteiger partial charge is 0.210 e.